The lowest BCUT2D eigenvalue weighted by Gasteiger charge is -2.38. The molecule has 0 unspecified atom stereocenters. The molecule has 0 radical (unpaired) electrons. The number of nitrogens with two attached hydrogens (primary N) is 1. The van der Waals surface area contributed by atoms with Gasteiger partial charge in [0.15, 0.2) is 0 Å². The van der Waals surface area contributed by atoms with Crippen LogP contribution < -0.4 is 10.6 Å². The third-order valence-electron chi connectivity index (χ3n) is 2.54. The summed E-state index contributed by atoms with van der Waals surface area (Å²) in [6.45, 7) is 3.57. The van der Waals surface area contributed by atoms with Gasteiger partial charge in [-0.25, -0.2) is 9.78 Å². The van der Waals surface area contributed by atoms with E-state index in [1.807, 2.05) is 4.90 Å². The number of esters is 1. The Balaban J connectivity index is 2.14. The van der Waals surface area contributed by atoms with Gasteiger partial charge in [0.05, 0.1) is 17.2 Å². The van der Waals surface area contributed by atoms with E-state index in [9.17, 15) is 4.79 Å². The predicted octanol–water partition coefficient (Wildman–Crippen LogP) is 1.06. The molecule has 1 aromatic rings. The Morgan fingerprint density at radius 1 is 1.71 bits per heavy atom. The molecule has 0 atom stereocenters. The van der Waals surface area contributed by atoms with Crippen molar-refractivity contribution in [2.75, 3.05) is 24.6 Å². The van der Waals surface area contributed by atoms with E-state index in [1.165, 1.54) is 6.20 Å². The van der Waals surface area contributed by atoms with E-state index in [0.717, 1.165) is 13.1 Å². The van der Waals surface area contributed by atoms with Gasteiger partial charge < -0.3 is 15.4 Å². The first-order valence-electron chi connectivity index (χ1n) is 5.45. The molecular formula is C11H14ClN3O2. The number of carbonyl (C=O) groups excluding carboxylic acids is 1. The van der Waals surface area contributed by atoms with Crippen molar-refractivity contribution in [1.82, 2.24) is 4.98 Å². The highest BCUT2D eigenvalue weighted by Crippen LogP contribution is 2.27. The van der Waals surface area contributed by atoms with Gasteiger partial charge in [-0.1, -0.05) is 11.6 Å². The highest BCUT2D eigenvalue weighted by Gasteiger charge is 2.26. The van der Waals surface area contributed by atoms with Crippen LogP contribution in [0.5, 0.6) is 0 Å². The summed E-state index contributed by atoms with van der Waals surface area (Å²) in [6.07, 6.45) is 1.48. The van der Waals surface area contributed by atoms with Crippen LogP contribution in [0.4, 0.5) is 5.82 Å². The molecule has 2 rings (SSSR count). The van der Waals surface area contributed by atoms with Gasteiger partial charge in [-0.2, -0.15) is 0 Å². The highest BCUT2D eigenvalue weighted by molar-refractivity contribution is 6.33. The smallest absolute Gasteiger partial charge is 0.339 e. The molecule has 17 heavy (non-hydrogen) atoms. The summed E-state index contributed by atoms with van der Waals surface area (Å²) in [5, 5.41) is 0.447. The molecule has 0 bridgehead atoms. The second-order valence-electron chi connectivity index (χ2n) is 3.91. The second-order valence-corrected chi connectivity index (χ2v) is 4.32. The molecule has 0 saturated carbocycles. The molecule has 0 amide bonds. The van der Waals surface area contributed by atoms with Crippen LogP contribution in [-0.2, 0) is 4.74 Å². The molecule has 1 aliphatic rings. The summed E-state index contributed by atoms with van der Waals surface area (Å²) >= 11 is 6.08. The van der Waals surface area contributed by atoms with Crippen molar-refractivity contribution >= 4 is 23.4 Å². The first-order valence-corrected chi connectivity index (χ1v) is 5.82. The van der Waals surface area contributed by atoms with Crippen molar-refractivity contribution in [2.24, 2.45) is 5.73 Å². The minimum Gasteiger partial charge on any atom is -0.462 e. The fraction of sp³-hybridized carbons (Fsp3) is 0.455. The van der Waals surface area contributed by atoms with Crippen LogP contribution in [0.3, 0.4) is 0 Å². The van der Waals surface area contributed by atoms with Crippen molar-refractivity contribution in [1.29, 1.82) is 0 Å². The summed E-state index contributed by atoms with van der Waals surface area (Å²) in [4.78, 5) is 17.6. The zero-order valence-electron chi connectivity index (χ0n) is 9.52. The lowest BCUT2D eigenvalue weighted by molar-refractivity contribution is 0.0526. The number of ether oxygens (including phenoxy) is 1. The van der Waals surface area contributed by atoms with Crippen molar-refractivity contribution < 1.29 is 9.53 Å². The Kier molecular flexibility index (Phi) is 3.49. The van der Waals surface area contributed by atoms with Gasteiger partial charge in [-0.15, -0.1) is 0 Å². The van der Waals surface area contributed by atoms with Crippen LogP contribution in [0, 0.1) is 0 Å². The van der Waals surface area contributed by atoms with E-state index in [0.29, 0.717) is 23.0 Å². The number of rotatable bonds is 3. The molecule has 1 aromatic heterocycles. The lowest BCUT2D eigenvalue weighted by Crippen LogP contribution is -2.56. The van der Waals surface area contributed by atoms with Crippen LogP contribution >= 0.6 is 11.6 Å². The normalized spacial score (nSPS) is 15.6. The molecule has 0 aliphatic carbocycles. The van der Waals surface area contributed by atoms with E-state index in [4.69, 9.17) is 22.1 Å². The minimum atomic E-state index is -0.409. The maximum absolute atomic E-state index is 11.5. The maximum Gasteiger partial charge on any atom is 0.339 e. The van der Waals surface area contributed by atoms with Gasteiger partial charge in [-0.3, -0.25) is 0 Å². The fourth-order valence-corrected chi connectivity index (χ4v) is 1.96. The number of pyridine rings is 1. The van der Waals surface area contributed by atoms with Crippen molar-refractivity contribution in [3.05, 3.63) is 22.8 Å². The van der Waals surface area contributed by atoms with Crippen LogP contribution in [0.1, 0.15) is 17.3 Å². The molecule has 1 saturated heterocycles. The summed E-state index contributed by atoms with van der Waals surface area (Å²) in [6, 6.07) is 1.75. The SMILES string of the molecule is CCOC(=O)c1cnc(N2CC(N)C2)c(Cl)c1. The van der Waals surface area contributed by atoms with Crippen LogP contribution in [0.15, 0.2) is 12.3 Å². The number of aromatic nitrogens is 1. The Morgan fingerprint density at radius 3 is 2.94 bits per heavy atom. The van der Waals surface area contributed by atoms with Crippen LogP contribution in [-0.4, -0.2) is 36.7 Å². The number of hydrogen-bond donors (Lipinski definition) is 1. The average Bonchev–Trinajstić information content (AvgIpc) is 2.25. The van der Waals surface area contributed by atoms with Gasteiger partial charge in [-0.05, 0) is 13.0 Å². The first kappa shape index (κ1) is 12.1. The maximum atomic E-state index is 11.5. The van der Waals surface area contributed by atoms with Gasteiger partial charge in [0, 0.05) is 25.3 Å². The van der Waals surface area contributed by atoms with Gasteiger partial charge in [0.1, 0.15) is 5.82 Å². The number of anilines is 1. The molecule has 2 heterocycles. The quantitative estimate of drug-likeness (QED) is 0.818. The van der Waals surface area contributed by atoms with E-state index in [-0.39, 0.29) is 6.04 Å². The van der Waals surface area contributed by atoms with E-state index in [2.05, 4.69) is 4.98 Å². The number of carbonyl (C=O) groups is 1. The highest BCUT2D eigenvalue weighted by atomic mass is 35.5. The van der Waals surface area contributed by atoms with Crippen LogP contribution in [0.25, 0.3) is 0 Å². The summed E-state index contributed by atoms with van der Waals surface area (Å²) in [7, 11) is 0. The molecule has 0 spiro atoms. The lowest BCUT2D eigenvalue weighted by atomic mass is 10.1. The zero-order chi connectivity index (χ0) is 12.4. The number of halogens is 1. The molecule has 92 valence electrons. The Labute approximate surface area is 105 Å². The van der Waals surface area contributed by atoms with E-state index >= 15 is 0 Å². The number of hydrogen-bond acceptors (Lipinski definition) is 5. The van der Waals surface area contributed by atoms with Crippen molar-refractivity contribution in [3.8, 4) is 0 Å². The van der Waals surface area contributed by atoms with E-state index in [1.54, 1.807) is 13.0 Å². The Morgan fingerprint density at radius 2 is 2.41 bits per heavy atom. The van der Waals surface area contributed by atoms with Gasteiger partial charge in [0.25, 0.3) is 0 Å². The van der Waals surface area contributed by atoms with Crippen molar-refractivity contribution in [2.45, 2.75) is 13.0 Å². The second kappa shape index (κ2) is 4.89. The Hall–Kier alpha value is -1.33. The third-order valence-corrected chi connectivity index (χ3v) is 2.82. The van der Waals surface area contributed by atoms with Crippen molar-refractivity contribution in [3.63, 3.8) is 0 Å². The first-order chi connectivity index (χ1) is 8.11. The molecule has 2 N–H and O–H groups in total. The largest absolute Gasteiger partial charge is 0.462 e. The van der Waals surface area contributed by atoms with E-state index < -0.39 is 5.97 Å². The summed E-state index contributed by atoms with van der Waals surface area (Å²) in [5.74, 6) is 0.259. The summed E-state index contributed by atoms with van der Waals surface area (Å²) in [5.41, 5.74) is 6.05. The molecule has 0 aromatic carbocycles. The molecular weight excluding hydrogens is 242 g/mol. The van der Waals surface area contributed by atoms with Gasteiger partial charge >= 0.3 is 5.97 Å². The van der Waals surface area contributed by atoms with Crippen LogP contribution in [0.2, 0.25) is 5.02 Å². The topological polar surface area (TPSA) is 68.5 Å². The fourth-order valence-electron chi connectivity index (χ4n) is 1.68. The third kappa shape index (κ3) is 2.50. The summed E-state index contributed by atoms with van der Waals surface area (Å²) < 4.78 is 4.87. The molecule has 1 fully saturated rings. The Bertz CT molecular complexity index is 433. The zero-order valence-corrected chi connectivity index (χ0v) is 10.3. The monoisotopic (exact) mass is 255 g/mol. The van der Waals surface area contributed by atoms with Gasteiger partial charge in [0.2, 0.25) is 0 Å². The average molecular weight is 256 g/mol. The minimum absolute atomic E-state index is 0.178. The molecule has 5 nitrogen and oxygen atoms in total. The molecule has 1 aliphatic heterocycles. The standard InChI is InChI=1S/C11H14ClN3O2/c1-2-17-11(16)7-3-9(12)10(14-4-7)15-5-8(13)6-15/h3-4,8H,2,5-6,13H2,1H3. The number of nitrogens with zero attached hydrogens (tertiary/aromatic N) is 2. The predicted molar refractivity (Wildman–Crippen MR) is 65.4 cm³/mol. The molecule has 6 heteroatoms.